The van der Waals surface area contributed by atoms with E-state index >= 15 is 0 Å². The maximum Gasteiger partial charge on any atom is 0.257 e. The van der Waals surface area contributed by atoms with Crippen LogP contribution in [0.15, 0.2) is 10.5 Å². The fraction of sp³-hybridized carbons (Fsp3) is 0.500. The minimum Gasteiger partial charge on any atom is -0.420 e. The van der Waals surface area contributed by atoms with Gasteiger partial charge in [0.15, 0.2) is 0 Å². The van der Waals surface area contributed by atoms with Crippen molar-refractivity contribution in [3.8, 4) is 10.8 Å². The second kappa shape index (κ2) is 4.78. The van der Waals surface area contributed by atoms with Gasteiger partial charge in [0.1, 0.15) is 0 Å². The number of aromatic nitrogens is 2. The lowest BCUT2D eigenvalue weighted by atomic mass is 10.2. The lowest BCUT2D eigenvalue weighted by Crippen LogP contribution is -1.85. The van der Waals surface area contributed by atoms with Gasteiger partial charge in [-0.1, -0.05) is 0 Å². The second-order valence-electron chi connectivity index (χ2n) is 4.21. The summed E-state index contributed by atoms with van der Waals surface area (Å²) in [6.07, 6.45) is 5.32. The van der Waals surface area contributed by atoms with Crippen molar-refractivity contribution in [1.29, 1.82) is 0 Å². The Bertz CT molecular complexity index is 499. The number of rotatable bonds is 4. The summed E-state index contributed by atoms with van der Waals surface area (Å²) in [6.45, 7) is 0. The highest BCUT2D eigenvalue weighted by Gasteiger charge is 2.18. The monoisotopic (exact) mass is 268 g/mol. The van der Waals surface area contributed by atoms with Gasteiger partial charge in [0.05, 0.1) is 4.88 Å². The molecule has 1 aliphatic carbocycles. The molecular formula is C12H13ClN2OS. The van der Waals surface area contributed by atoms with Crippen molar-refractivity contribution >= 4 is 22.9 Å². The third-order valence-corrected chi connectivity index (χ3v) is 4.44. The molecule has 3 nitrogen and oxygen atoms in total. The van der Waals surface area contributed by atoms with Crippen molar-refractivity contribution in [2.24, 2.45) is 0 Å². The highest BCUT2D eigenvalue weighted by atomic mass is 35.5. The first kappa shape index (κ1) is 11.2. The third kappa shape index (κ3) is 2.24. The number of fused-ring (bicyclic) bond motifs is 1. The fourth-order valence-corrected chi connectivity index (χ4v) is 3.42. The molecule has 5 heteroatoms. The van der Waals surface area contributed by atoms with Gasteiger partial charge in [0.25, 0.3) is 5.89 Å². The second-order valence-corrected chi connectivity index (χ2v) is 5.72. The van der Waals surface area contributed by atoms with E-state index in [0.29, 0.717) is 17.7 Å². The number of halogens is 1. The summed E-state index contributed by atoms with van der Waals surface area (Å²) in [5, 5.41) is 8.15. The Labute approximate surface area is 109 Å². The van der Waals surface area contributed by atoms with E-state index in [0.717, 1.165) is 17.7 Å². The quantitative estimate of drug-likeness (QED) is 0.797. The van der Waals surface area contributed by atoms with E-state index in [1.165, 1.54) is 29.7 Å². The van der Waals surface area contributed by atoms with Crippen LogP contribution in [-0.2, 0) is 19.3 Å². The summed E-state index contributed by atoms with van der Waals surface area (Å²) in [6, 6.07) is 2.20. The summed E-state index contributed by atoms with van der Waals surface area (Å²) in [5.41, 5.74) is 1.46. The molecule has 0 saturated carbocycles. The Hall–Kier alpha value is -0.870. The molecule has 17 heavy (non-hydrogen) atoms. The molecular weight excluding hydrogens is 256 g/mol. The molecule has 1 aliphatic rings. The molecule has 0 radical (unpaired) electrons. The van der Waals surface area contributed by atoms with Crippen LogP contribution in [0.2, 0.25) is 0 Å². The number of aryl methyl sites for hydroxylation is 3. The highest BCUT2D eigenvalue weighted by Crippen LogP contribution is 2.35. The number of hydrogen-bond acceptors (Lipinski definition) is 4. The van der Waals surface area contributed by atoms with Gasteiger partial charge in [0.2, 0.25) is 5.89 Å². The van der Waals surface area contributed by atoms with Gasteiger partial charge >= 0.3 is 0 Å². The van der Waals surface area contributed by atoms with Crippen LogP contribution in [-0.4, -0.2) is 16.1 Å². The van der Waals surface area contributed by atoms with Gasteiger partial charge in [-0.2, -0.15) is 0 Å². The number of alkyl halides is 1. The van der Waals surface area contributed by atoms with Crippen LogP contribution >= 0.6 is 22.9 Å². The maximum atomic E-state index is 5.64. The average Bonchev–Trinajstić information content (AvgIpc) is 3.00. The van der Waals surface area contributed by atoms with Crippen LogP contribution in [0.4, 0.5) is 0 Å². The molecule has 0 saturated heterocycles. The van der Waals surface area contributed by atoms with Gasteiger partial charge in [-0.25, -0.2) is 0 Å². The Morgan fingerprint density at radius 3 is 3.12 bits per heavy atom. The number of thiophene rings is 1. The molecule has 0 spiro atoms. The van der Waals surface area contributed by atoms with Crippen molar-refractivity contribution in [2.45, 2.75) is 32.1 Å². The lowest BCUT2D eigenvalue weighted by molar-refractivity contribution is 0.503. The number of nitrogens with zero attached hydrogens (tertiary/aromatic N) is 2. The zero-order valence-electron chi connectivity index (χ0n) is 9.41. The van der Waals surface area contributed by atoms with Crippen LogP contribution in [0.5, 0.6) is 0 Å². The Morgan fingerprint density at radius 1 is 1.35 bits per heavy atom. The first-order chi connectivity index (χ1) is 8.36. The summed E-state index contributed by atoms with van der Waals surface area (Å²) in [5.74, 6) is 1.98. The Kier molecular flexibility index (Phi) is 3.16. The molecule has 2 aromatic heterocycles. The molecule has 90 valence electrons. The Balaban J connectivity index is 1.80. The van der Waals surface area contributed by atoms with E-state index in [1.807, 2.05) is 0 Å². The summed E-state index contributed by atoms with van der Waals surface area (Å²) < 4.78 is 5.64. The van der Waals surface area contributed by atoms with Crippen LogP contribution in [0.1, 0.15) is 29.2 Å². The zero-order chi connectivity index (χ0) is 11.7. The van der Waals surface area contributed by atoms with E-state index in [1.54, 1.807) is 11.3 Å². The predicted octanol–water partition coefficient (Wildman–Crippen LogP) is 3.46. The van der Waals surface area contributed by atoms with E-state index < -0.39 is 0 Å². The molecule has 0 amide bonds. The van der Waals surface area contributed by atoms with Gasteiger partial charge in [-0.05, 0) is 37.3 Å². The van der Waals surface area contributed by atoms with E-state index in [4.69, 9.17) is 16.0 Å². The molecule has 2 heterocycles. The molecule has 0 bridgehead atoms. The van der Waals surface area contributed by atoms with E-state index in [-0.39, 0.29) is 0 Å². The van der Waals surface area contributed by atoms with Crippen molar-refractivity contribution in [2.75, 3.05) is 5.88 Å². The molecule has 0 atom stereocenters. The molecule has 2 aromatic rings. The summed E-state index contributed by atoms with van der Waals surface area (Å²) in [4.78, 5) is 2.60. The van der Waals surface area contributed by atoms with Gasteiger partial charge in [-0.3, -0.25) is 0 Å². The van der Waals surface area contributed by atoms with Gasteiger partial charge in [0, 0.05) is 17.2 Å². The van der Waals surface area contributed by atoms with Gasteiger partial charge < -0.3 is 4.42 Å². The topological polar surface area (TPSA) is 38.9 Å². The maximum absolute atomic E-state index is 5.64. The fourth-order valence-electron chi connectivity index (χ4n) is 2.11. The normalized spacial score (nSPS) is 14.2. The van der Waals surface area contributed by atoms with Crippen LogP contribution < -0.4 is 0 Å². The molecule has 0 fully saturated rings. The predicted molar refractivity (Wildman–Crippen MR) is 68.7 cm³/mol. The lowest BCUT2D eigenvalue weighted by Gasteiger charge is -1.90. The van der Waals surface area contributed by atoms with Crippen molar-refractivity contribution in [3.63, 3.8) is 0 Å². The van der Waals surface area contributed by atoms with Crippen molar-refractivity contribution in [1.82, 2.24) is 10.2 Å². The molecule has 0 aromatic carbocycles. The summed E-state index contributed by atoms with van der Waals surface area (Å²) in [7, 11) is 0. The molecule has 0 unspecified atom stereocenters. The minimum atomic E-state index is 0.630. The van der Waals surface area contributed by atoms with Crippen LogP contribution in [0, 0.1) is 0 Å². The largest absolute Gasteiger partial charge is 0.420 e. The average molecular weight is 269 g/mol. The van der Waals surface area contributed by atoms with Crippen LogP contribution in [0.3, 0.4) is 0 Å². The van der Waals surface area contributed by atoms with E-state index in [9.17, 15) is 0 Å². The summed E-state index contributed by atoms with van der Waals surface area (Å²) >= 11 is 7.43. The number of hydrogen-bond donors (Lipinski definition) is 0. The van der Waals surface area contributed by atoms with Crippen molar-refractivity contribution in [3.05, 3.63) is 22.4 Å². The zero-order valence-corrected chi connectivity index (χ0v) is 11.0. The van der Waals surface area contributed by atoms with E-state index in [2.05, 4.69) is 16.3 Å². The highest BCUT2D eigenvalue weighted by molar-refractivity contribution is 7.15. The van der Waals surface area contributed by atoms with Gasteiger partial charge in [-0.15, -0.1) is 33.1 Å². The third-order valence-electron chi connectivity index (χ3n) is 2.95. The first-order valence-electron chi connectivity index (χ1n) is 5.87. The SMILES string of the molecule is ClCCCc1nnc(-c2cc3c(s2)CCC3)o1. The molecule has 0 aliphatic heterocycles. The minimum absolute atomic E-state index is 0.630. The molecule has 0 N–H and O–H groups in total. The van der Waals surface area contributed by atoms with Crippen LogP contribution in [0.25, 0.3) is 10.8 Å². The standard InChI is InChI=1S/C12H13ClN2OS/c13-6-2-5-11-14-15-12(16-11)10-7-8-3-1-4-9(8)17-10/h7H,1-6H2. The Morgan fingerprint density at radius 2 is 2.29 bits per heavy atom. The first-order valence-corrected chi connectivity index (χ1v) is 7.22. The smallest absolute Gasteiger partial charge is 0.257 e. The molecule has 3 rings (SSSR count). The van der Waals surface area contributed by atoms with Crippen molar-refractivity contribution < 1.29 is 4.42 Å².